The highest BCUT2D eigenvalue weighted by Crippen LogP contribution is 2.41. The quantitative estimate of drug-likeness (QED) is 0.513. The molecule has 3 heterocycles. The van der Waals surface area contributed by atoms with Crippen LogP contribution in [0.3, 0.4) is 0 Å². The maximum atomic E-state index is 13.2. The van der Waals surface area contributed by atoms with Crippen molar-refractivity contribution in [2.45, 2.75) is 91.3 Å². The predicted molar refractivity (Wildman–Crippen MR) is 138 cm³/mol. The first kappa shape index (κ1) is 28.4. The monoisotopic (exact) mass is 518 g/mol. The van der Waals surface area contributed by atoms with Crippen molar-refractivity contribution in [1.82, 2.24) is 10.3 Å². The molecule has 0 spiro atoms. The van der Waals surface area contributed by atoms with E-state index in [0.29, 0.717) is 6.42 Å². The van der Waals surface area contributed by atoms with Gasteiger partial charge in [-0.25, -0.2) is 4.98 Å². The fraction of sp³-hybridized carbons (Fsp3) is 0.630. The van der Waals surface area contributed by atoms with Crippen molar-refractivity contribution in [2.24, 2.45) is 17.3 Å². The number of fused-ring (bicyclic) bond motifs is 1. The molecular weight excluding hydrogens is 480 g/mol. The van der Waals surface area contributed by atoms with Gasteiger partial charge < -0.3 is 20.3 Å². The number of aliphatic hydroxyl groups excluding tert-OH is 2. The lowest BCUT2D eigenvalue weighted by molar-refractivity contribution is -0.143. The van der Waals surface area contributed by atoms with Gasteiger partial charge in [0.15, 0.2) is 5.78 Å². The number of nitrogens with one attached hydrogen (secondary N) is 1. The summed E-state index contributed by atoms with van der Waals surface area (Å²) in [6.07, 6.45) is 2.47. The second-order valence-corrected chi connectivity index (χ2v) is 12.0. The maximum absolute atomic E-state index is 13.2. The molecule has 0 unspecified atom stereocenters. The molecule has 8 nitrogen and oxygen atoms in total. The molecule has 1 fully saturated rings. The van der Waals surface area contributed by atoms with Gasteiger partial charge in [-0.1, -0.05) is 27.7 Å². The van der Waals surface area contributed by atoms with E-state index in [-0.39, 0.29) is 18.3 Å². The number of aliphatic hydroxyl groups is 2. The van der Waals surface area contributed by atoms with Crippen molar-refractivity contribution in [3.63, 3.8) is 0 Å². The zero-order chi connectivity index (χ0) is 27.0. The highest BCUT2D eigenvalue weighted by molar-refractivity contribution is 7.09. The Balaban J connectivity index is 1.94. The molecule has 3 N–H and O–H groups in total. The molecule has 2 aliphatic heterocycles. The first-order valence-corrected chi connectivity index (χ1v) is 13.2. The number of rotatable bonds is 2. The van der Waals surface area contributed by atoms with Crippen LogP contribution in [0.5, 0.6) is 0 Å². The SMILES string of the molecule is CC(=Cc1csc(C)n1)[C@@H]1C[C@@H]2O[C@]2(C)/C=C/C(=O)[C@H](C)[C@H](O)[C@@H](C)C(=O)C(C)(C)[C@@H](O)CC(=O)N1. The minimum absolute atomic E-state index is 0.234. The van der Waals surface area contributed by atoms with Gasteiger partial charge in [0.1, 0.15) is 11.4 Å². The van der Waals surface area contributed by atoms with E-state index in [1.54, 1.807) is 33.8 Å². The van der Waals surface area contributed by atoms with E-state index in [1.807, 2.05) is 32.2 Å². The van der Waals surface area contributed by atoms with Crippen LogP contribution in [0.4, 0.5) is 0 Å². The molecular formula is C27H38N2O6S. The molecule has 1 saturated heterocycles. The third-order valence-corrected chi connectivity index (χ3v) is 8.43. The van der Waals surface area contributed by atoms with Crippen LogP contribution in [0.1, 0.15) is 65.1 Å². The number of allylic oxidation sites excluding steroid dienone is 1. The van der Waals surface area contributed by atoms with E-state index < -0.39 is 52.8 Å². The first-order valence-electron chi connectivity index (χ1n) is 12.4. The Morgan fingerprint density at radius 1 is 1.19 bits per heavy atom. The standard InChI is InChI=1S/C27H38N2O6S/c1-14(10-18-13-36-17(4)28-18)19-11-22-27(7,35-22)9-8-20(30)15(2)24(33)16(3)25(34)26(5,6)21(31)12-23(32)29-19/h8-10,13,15-16,19,21-22,24,31,33H,11-12H2,1-7H3,(H,29,32)/b9-8+,14-10?/t15-,16+,19-,21-,22-,24-,27+/m0/s1. The van der Waals surface area contributed by atoms with E-state index in [9.17, 15) is 24.6 Å². The highest BCUT2D eigenvalue weighted by Gasteiger charge is 2.51. The number of thiazole rings is 1. The predicted octanol–water partition coefficient (Wildman–Crippen LogP) is 3.01. The van der Waals surface area contributed by atoms with E-state index in [4.69, 9.17) is 4.74 Å². The summed E-state index contributed by atoms with van der Waals surface area (Å²) in [7, 11) is 0. The summed E-state index contributed by atoms with van der Waals surface area (Å²) in [6.45, 7) is 11.9. The topological polar surface area (TPSA) is 129 Å². The Morgan fingerprint density at radius 2 is 1.86 bits per heavy atom. The summed E-state index contributed by atoms with van der Waals surface area (Å²) in [6, 6.07) is -0.394. The number of nitrogens with zero attached hydrogens (tertiary/aromatic N) is 1. The number of hydrogen-bond donors (Lipinski definition) is 3. The second kappa shape index (κ2) is 10.7. The third kappa shape index (κ3) is 6.19. The number of carbonyl (C=O) groups excluding carboxylic acids is 3. The lowest BCUT2D eigenvalue weighted by Gasteiger charge is -2.34. The normalized spacial score (nSPS) is 37.2. The number of aryl methyl sites for hydroxylation is 1. The molecule has 198 valence electrons. The van der Waals surface area contributed by atoms with Crippen LogP contribution >= 0.6 is 11.3 Å². The number of amides is 1. The molecule has 1 aromatic rings. The Morgan fingerprint density at radius 3 is 2.47 bits per heavy atom. The molecule has 0 bridgehead atoms. The van der Waals surface area contributed by atoms with E-state index in [2.05, 4.69) is 10.3 Å². The van der Waals surface area contributed by atoms with Crippen LogP contribution in [-0.2, 0) is 19.1 Å². The molecule has 0 aliphatic carbocycles. The summed E-state index contributed by atoms with van der Waals surface area (Å²) in [5.41, 5.74) is -0.303. The number of ether oxygens (including phenoxy) is 1. The maximum Gasteiger partial charge on any atom is 0.223 e. The summed E-state index contributed by atoms with van der Waals surface area (Å²) in [5, 5.41) is 27.5. The van der Waals surface area contributed by atoms with Crippen molar-refractivity contribution >= 4 is 34.9 Å². The molecule has 1 aromatic heterocycles. The van der Waals surface area contributed by atoms with Gasteiger partial charge in [0, 0.05) is 23.6 Å². The lowest BCUT2D eigenvalue weighted by Crippen LogP contribution is -2.48. The number of epoxide rings is 1. The number of hydrogen-bond acceptors (Lipinski definition) is 8. The smallest absolute Gasteiger partial charge is 0.223 e. The van der Waals surface area contributed by atoms with Crippen LogP contribution in [-0.4, -0.2) is 62.6 Å². The minimum atomic E-state index is -1.30. The number of carbonyl (C=O) groups is 3. The Bertz CT molecular complexity index is 1080. The summed E-state index contributed by atoms with van der Waals surface area (Å²) >= 11 is 1.54. The summed E-state index contributed by atoms with van der Waals surface area (Å²) in [5.74, 6) is -2.82. The van der Waals surface area contributed by atoms with Gasteiger partial charge in [0.2, 0.25) is 5.91 Å². The van der Waals surface area contributed by atoms with Crippen LogP contribution in [0.2, 0.25) is 0 Å². The zero-order valence-corrected chi connectivity index (χ0v) is 22.9. The number of aromatic nitrogens is 1. The molecule has 36 heavy (non-hydrogen) atoms. The molecule has 0 radical (unpaired) electrons. The molecule has 3 rings (SSSR count). The molecule has 9 heteroatoms. The Labute approximate surface area is 216 Å². The Kier molecular flexibility index (Phi) is 8.40. The van der Waals surface area contributed by atoms with Crippen molar-refractivity contribution in [1.29, 1.82) is 0 Å². The largest absolute Gasteiger partial charge is 0.392 e. The number of Topliss-reactive ketones (excluding diaryl/α,β-unsaturated/α-hetero) is 1. The molecule has 0 aromatic carbocycles. The molecule has 7 atom stereocenters. The van der Waals surface area contributed by atoms with Crippen molar-refractivity contribution in [3.05, 3.63) is 33.8 Å². The van der Waals surface area contributed by atoms with Crippen molar-refractivity contribution < 1.29 is 29.3 Å². The Hall–Kier alpha value is -2.20. The van der Waals surface area contributed by atoms with Gasteiger partial charge in [0.05, 0.1) is 46.9 Å². The first-order chi connectivity index (χ1) is 16.7. The van der Waals surface area contributed by atoms with E-state index in [1.165, 1.54) is 17.4 Å². The third-order valence-electron chi connectivity index (χ3n) is 7.64. The van der Waals surface area contributed by atoms with Crippen LogP contribution in [0.15, 0.2) is 23.1 Å². The van der Waals surface area contributed by atoms with Crippen molar-refractivity contribution in [2.75, 3.05) is 0 Å². The van der Waals surface area contributed by atoms with Crippen LogP contribution in [0, 0.1) is 24.2 Å². The van der Waals surface area contributed by atoms with Gasteiger partial charge in [-0.05, 0) is 44.6 Å². The van der Waals surface area contributed by atoms with Crippen molar-refractivity contribution in [3.8, 4) is 0 Å². The lowest BCUT2D eigenvalue weighted by atomic mass is 9.73. The van der Waals surface area contributed by atoms with E-state index >= 15 is 0 Å². The average molecular weight is 519 g/mol. The molecule has 2 aliphatic rings. The van der Waals surface area contributed by atoms with Gasteiger partial charge in [-0.3, -0.25) is 14.4 Å². The van der Waals surface area contributed by atoms with E-state index in [0.717, 1.165) is 16.3 Å². The van der Waals surface area contributed by atoms with Crippen LogP contribution in [0.25, 0.3) is 6.08 Å². The number of ketones is 2. The van der Waals surface area contributed by atoms with Gasteiger partial charge in [-0.15, -0.1) is 11.3 Å². The highest BCUT2D eigenvalue weighted by atomic mass is 32.1. The average Bonchev–Trinajstić information content (AvgIpc) is 3.26. The van der Waals surface area contributed by atoms with Gasteiger partial charge in [-0.2, -0.15) is 0 Å². The van der Waals surface area contributed by atoms with Gasteiger partial charge in [0.25, 0.3) is 0 Å². The van der Waals surface area contributed by atoms with Gasteiger partial charge >= 0.3 is 0 Å². The minimum Gasteiger partial charge on any atom is -0.392 e. The molecule has 1 amide bonds. The fourth-order valence-corrected chi connectivity index (χ4v) is 5.22. The fourth-order valence-electron chi connectivity index (χ4n) is 4.65. The van der Waals surface area contributed by atoms with Crippen LogP contribution < -0.4 is 5.32 Å². The second-order valence-electron chi connectivity index (χ2n) is 10.9. The summed E-state index contributed by atoms with van der Waals surface area (Å²) in [4.78, 5) is 43.5. The molecule has 0 saturated carbocycles. The summed E-state index contributed by atoms with van der Waals surface area (Å²) < 4.78 is 5.91. The zero-order valence-electron chi connectivity index (χ0n) is 22.1.